The Morgan fingerprint density at radius 3 is 2.25 bits per heavy atom. The van der Waals surface area contributed by atoms with Crippen molar-refractivity contribution >= 4 is 41.5 Å². The van der Waals surface area contributed by atoms with Crippen molar-refractivity contribution < 1.29 is 4.79 Å². The summed E-state index contributed by atoms with van der Waals surface area (Å²) in [6.45, 7) is 2.30. The number of carbonyl (C=O) groups excluding carboxylic acids is 1. The van der Waals surface area contributed by atoms with Crippen LogP contribution in [0.3, 0.4) is 0 Å². The Morgan fingerprint density at radius 1 is 1.08 bits per heavy atom. The average molecular weight is 388 g/mol. The van der Waals surface area contributed by atoms with Crippen LogP contribution in [0.5, 0.6) is 0 Å². The zero-order chi connectivity index (χ0) is 16.8. The van der Waals surface area contributed by atoms with Crippen LogP contribution >= 0.6 is 35.6 Å². The van der Waals surface area contributed by atoms with Gasteiger partial charge in [0, 0.05) is 22.6 Å². The van der Waals surface area contributed by atoms with Crippen molar-refractivity contribution in [1.82, 2.24) is 5.32 Å². The molecule has 0 spiro atoms. The van der Waals surface area contributed by atoms with Gasteiger partial charge in [0.2, 0.25) is 5.91 Å². The maximum absolute atomic E-state index is 12.3. The smallest absolute Gasteiger partial charge is 0.224 e. The van der Waals surface area contributed by atoms with Gasteiger partial charge in [0.25, 0.3) is 0 Å². The van der Waals surface area contributed by atoms with Gasteiger partial charge in [-0.3, -0.25) is 4.79 Å². The molecule has 24 heavy (non-hydrogen) atoms. The third kappa shape index (κ3) is 5.38. The van der Waals surface area contributed by atoms with E-state index in [4.69, 9.17) is 28.9 Å². The van der Waals surface area contributed by atoms with E-state index in [1.807, 2.05) is 37.3 Å². The predicted molar refractivity (Wildman–Crippen MR) is 103 cm³/mol. The van der Waals surface area contributed by atoms with Gasteiger partial charge in [0.15, 0.2) is 0 Å². The van der Waals surface area contributed by atoms with Crippen molar-refractivity contribution in [3.05, 3.63) is 69.7 Å². The summed E-state index contributed by atoms with van der Waals surface area (Å²) in [4.78, 5) is 12.3. The van der Waals surface area contributed by atoms with Gasteiger partial charge in [-0.2, -0.15) is 0 Å². The lowest BCUT2D eigenvalue weighted by Crippen LogP contribution is -2.36. The molecule has 0 fully saturated rings. The van der Waals surface area contributed by atoms with Gasteiger partial charge in [0.05, 0.1) is 5.92 Å². The lowest BCUT2D eigenvalue weighted by molar-refractivity contribution is -0.125. The zero-order valence-electron chi connectivity index (χ0n) is 13.3. The van der Waals surface area contributed by atoms with Crippen molar-refractivity contribution in [2.45, 2.75) is 19.4 Å². The highest BCUT2D eigenvalue weighted by Gasteiger charge is 2.21. The van der Waals surface area contributed by atoms with Gasteiger partial charge in [0.1, 0.15) is 0 Å². The van der Waals surface area contributed by atoms with E-state index in [1.54, 1.807) is 18.2 Å². The number of nitrogens with two attached hydrogens (primary N) is 1. The molecule has 0 aliphatic carbocycles. The standard InChI is InChI=1S/C18H20Cl2N2O.ClH/c1-12(17(21)13-6-3-2-4-7-13)18(23)22-11-10-14-15(19)8-5-9-16(14)20;/h2-9,12,17H,10-11,21H2,1H3,(H,22,23);1H. The molecule has 1 amide bonds. The summed E-state index contributed by atoms with van der Waals surface area (Å²) >= 11 is 12.2. The fourth-order valence-electron chi connectivity index (χ4n) is 2.37. The third-order valence-electron chi connectivity index (χ3n) is 3.87. The normalized spacial score (nSPS) is 12.8. The van der Waals surface area contributed by atoms with E-state index < -0.39 is 0 Å². The fraction of sp³-hybridized carbons (Fsp3) is 0.278. The van der Waals surface area contributed by atoms with Crippen LogP contribution in [-0.2, 0) is 11.2 Å². The summed E-state index contributed by atoms with van der Waals surface area (Å²) in [5.41, 5.74) is 7.96. The van der Waals surface area contributed by atoms with Crippen molar-refractivity contribution in [3.63, 3.8) is 0 Å². The molecule has 0 radical (unpaired) electrons. The molecule has 3 nitrogen and oxygen atoms in total. The van der Waals surface area contributed by atoms with Gasteiger partial charge < -0.3 is 11.1 Å². The van der Waals surface area contributed by atoms with E-state index in [0.717, 1.165) is 11.1 Å². The van der Waals surface area contributed by atoms with Crippen LogP contribution in [0.1, 0.15) is 24.1 Å². The molecule has 0 aliphatic heterocycles. The van der Waals surface area contributed by atoms with Crippen molar-refractivity contribution in [3.8, 4) is 0 Å². The Balaban J connectivity index is 0.00000288. The summed E-state index contributed by atoms with van der Waals surface area (Å²) in [7, 11) is 0. The summed E-state index contributed by atoms with van der Waals surface area (Å²) < 4.78 is 0. The molecule has 0 heterocycles. The topological polar surface area (TPSA) is 55.1 Å². The summed E-state index contributed by atoms with van der Waals surface area (Å²) in [5.74, 6) is -0.399. The Hall–Kier alpha value is -1.26. The highest BCUT2D eigenvalue weighted by molar-refractivity contribution is 6.35. The molecular weight excluding hydrogens is 367 g/mol. The van der Waals surface area contributed by atoms with Crippen LogP contribution in [0.25, 0.3) is 0 Å². The number of hydrogen-bond donors (Lipinski definition) is 2. The molecule has 6 heteroatoms. The molecule has 0 bridgehead atoms. The molecule has 0 aliphatic rings. The number of carbonyl (C=O) groups is 1. The van der Waals surface area contributed by atoms with Gasteiger partial charge >= 0.3 is 0 Å². The first-order valence-electron chi connectivity index (χ1n) is 7.52. The minimum atomic E-state index is -0.333. The molecular formula is C18H21Cl3N2O. The van der Waals surface area contributed by atoms with Gasteiger partial charge in [-0.1, -0.05) is 66.5 Å². The fourth-order valence-corrected chi connectivity index (χ4v) is 2.96. The molecule has 130 valence electrons. The molecule has 2 unspecified atom stereocenters. The Labute approximate surface area is 158 Å². The van der Waals surface area contributed by atoms with Crippen molar-refractivity contribution in [2.24, 2.45) is 11.7 Å². The second-order valence-electron chi connectivity index (χ2n) is 5.47. The lowest BCUT2D eigenvalue weighted by atomic mass is 9.94. The molecule has 0 saturated carbocycles. The predicted octanol–water partition coefficient (Wildman–Crippen LogP) is 4.41. The van der Waals surface area contributed by atoms with Crippen LogP contribution < -0.4 is 11.1 Å². The largest absolute Gasteiger partial charge is 0.355 e. The molecule has 0 aromatic heterocycles. The molecule has 0 saturated heterocycles. The van der Waals surface area contributed by atoms with E-state index in [9.17, 15) is 4.79 Å². The highest BCUT2D eigenvalue weighted by Crippen LogP contribution is 2.24. The van der Waals surface area contributed by atoms with Crippen molar-refractivity contribution in [1.29, 1.82) is 0 Å². The SMILES string of the molecule is CC(C(=O)NCCc1c(Cl)cccc1Cl)C(N)c1ccccc1.Cl. The number of halogens is 3. The zero-order valence-corrected chi connectivity index (χ0v) is 15.7. The Kier molecular flexibility index (Phi) is 8.57. The van der Waals surface area contributed by atoms with Crippen LogP contribution in [-0.4, -0.2) is 12.5 Å². The van der Waals surface area contributed by atoms with Crippen LogP contribution in [0, 0.1) is 5.92 Å². The van der Waals surface area contributed by atoms with Gasteiger partial charge in [-0.15, -0.1) is 12.4 Å². The maximum Gasteiger partial charge on any atom is 0.224 e. The molecule has 2 aromatic carbocycles. The van der Waals surface area contributed by atoms with Gasteiger partial charge in [-0.25, -0.2) is 0 Å². The highest BCUT2D eigenvalue weighted by atomic mass is 35.5. The Bertz CT molecular complexity index is 644. The number of amides is 1. The first-order chi connectivity index (χ1) is 11.0. The number of hydrogen-bond acceptors (Lipinski definition) is 2. The average Bonchev–Trinajstić information content (AvgIpc) is 2.56. The second-order valence-corrected chi connectivity index (χ2v) is 6.28. The summed E-state index contributed by atoms with van der Waals surface area (Å²) in [5, 5.41) is 4.12. The second kappa shape index (κ2) is 9.90. The number of nitrogens with one attached hydrogen (secondary N) is 1. The minimum absolute atomic E-state index is 0. The maximum atomic E-state index is 12.3. The van der Waals surface area contributed by atoms with E-state index in [-0.39, 0.29) is 30.3 Å². The van der Waals surface area contributed by atoms with Crippen LogP contribution in [0.15, 0.2) is 48.5 Å². The quantitative estimate of drug-likeness (QED) is 0.771. The first-order valence-corrected chi connectivity index (χ1v) is 8.27. The molecule has 2 aromatic rings. The van der Waals surface area contributed by atoms with Gasteiger partial charge in [-0.05, 0) is 29.7 Å². The number of rotatable bonds is 6. The van der Waals surface area contributed by atoms with E-state index in [0.29, 0.717) is 23.0 Å². The monoisotopic (exact) mass is 386 g/mol. The van der Waals surface area contributed by atoms with Crippen molar-refractivity contribution in [2.75, 3.05) is 6.54 Å². The van der Waals surface area contributed by atoms with E-state index in [2.05, 4.69) is 5.32 Å². The third-order valence-corrected chi connectivity index (χ3v) is 4.58. The lowest BCUT2D eigenvalue weighted by Gasteiger charge is -2.20. The van der Waals surface area contributed by atoms with E-state index >= 15 is 0 Å². The Morgan fingerprint density at radius 2 is 1.67 bits per heavy atom. The molecule has 3 N–H and O–H groups in total. The summed E-state index contributed by atoms with van der Waals surface area (Å²) in [6, 6.07) is 14.7. The number of benzene rings is 2. The first kappa shape index (κ1) is 20.8. The molecule has 2 atom stereocenters. The molecule has 2 rings (SSSR count). The van der Waals surface area contributed by atoms with Crippen LogP contribution in [0.4, 0.5) is 0 Å². The van der Waals surface area contributed by atoms with E-state index in [1.165, 1.54) is 0 Å². The van der Waals surface area contributed by atoms with Crippen LogP contribution in [0.2, 0.25) is 10.0 Å². The summed E-state index contributed by atoms with van der Waals surface area (Å²) in [6.07, 6.45) is 0.581. The minimum Gasteiger partial charge on any atom is -0.355 e.